The normalized spacial score (nSPS) is 23.2. The summed E-state index contributed by atoms with van der Waals surface area (Å²) in [5, 5.41) is 3.50. The molecule has 1 aromatic heterocycles. The molecule has 1 saturated heterocycles. The number of nitrogens with zero attached hydrogens (tertiary/aromatic N) is 2. The molecule has 2 fully saturated rings. The van der Waals surface area contributed by atoms with Gasteiger partial charge in [-0.1, -0.05) is 6.92 Å². The fourth-order valence-corrected chi connectivity index (χ4v) is 2.58. The third-order valence-electron chi connectivity index (χ3n) is 4.10. The lowest BCUT2D eigenvalue weighted by molar-refractivity contribution is 0.0155. The van der Waals surface area contributed by atoms with Crippen molar-refractivity contribution in [2.24, 2.45) is 5.41 Å². The molecule has 100 valence electrons. The first-order valence-electron chi connectivity index (χ1n) is 7.05. The van der Waals surface area contributed by atoms with E-state index in [4.69, 9.17) is 4.74 Å². The average Bonchev–Trinajstić information content (AvgIpc) is 3.09. The summed E-state index contributed by atoms with van der Waals surface area (Å²) in [7, 11) is 0. The highest BCUT2D eigenvalue weighted by Crippen LogP contribution is 2.31. The SMILES string of the molecule is CC1(Cn2cnc(CNC3CC3)c2)CCOCC1. The molecule has 1 aliphatic carbocycles. The Labute approximate surface area is 109 Å². The van der Waals surface area contributed by atoms with Gasteiger partial charge in [0.25, 0.3) is 0 Å². The number of hydrogen-bond acceptors (Lipinski definition) is 3. The fourth-order valence-electron chi connectivity index (χ4n) is 2.58. The zero-order valence-corrected chi connectivity index (χ0v) is 11.2. The molecule has 18 heavy (non-hydrogen) atoms. The lowest BCUT2D eigenvalue weighted by atomic mass is 9.82. The minimum absolute atomic E-state index is 0.375. The average molecular weight is 249 g/mol. The Morgan fingerprint density at radius 2 is 2.22 bits per heavy atom. The van der Waals surface area contributed by atoms with Gasteiger partial charge in [-0.05, 0) is 31.1 Å². The Morgan fingerprint density at radius 1 is 1.44 bits per heavy atom. The summed E-state index contributed by atoms with van der Waals surface area (Å²) < 4.78 is 7.69. The Kier molecular flexibility index (Phi) is 3.39. The van der Waals surface area contributed by atoms with Gasteiger partial charge in [0, 0.05) is 38.5 Å². The van der Waals surface area contributed by atoms with Crippen molar-refractivity contribution in [3.05, 3.63) is 18.2 Å². The van der Waals surface area contributed by atoms with Crippen LogP contribution in [0.4, 0.5) is 0 Å². The van der Waals surface area contributed by atoms with E-state index in [-0.39, 0.29) is 0 Å². The van der Waals surface area contributed by atoms with E-state index in [9.17, 15) is 0 Å². The van der Waals surface area contributed by atoms with Crippen molar-refractivity contribution in [2.75, 3.05) is 13.2 Å². The Morgan fingerprint density at radius 3 is 2.94 bits per heavy atom. The summed E-state index contributed by atoms with van der Waals surface area (Å²) in [4.78, 5) is 4.48. The molecule has 1 N–H and O–H groups in total. The van der Waals surface area contributed by atoms with Crippen molar-refractivity contribution in [1.82, 2.24) is 14.9 Å². The predicted octanol–water partition coefficient (Wildman–Crippen LogP) is 1.95. The van der Waals surface area contributed by atoms with Crippen LogP contribution in [0.25, 0.3) is 0 Å². The third kappa shape index (κ3) is 3.12. The number of imidazole rings is 1. The number of rotatable bonds is 5. The lowest BCUT2D eigenvalue weighted by Gasteiger charge is -2.33. The summed E-state index contributed by atoms with van der Waals surface area (Å²) in [6.07, 6.45) is 9.14. The van der Waals surface area contributed by atoms with Gasteiger partial charge in [0.1, 0.15) is 0 Å². The minimum Gasteiger partial charge on any atom is -0.381 e. The zero-order chi connectivity index (χ0) is 12.4. The van der Waals surface area contributed by atoms with E-state index in [1.807, 2.05) is 6.33 Å². The van der Waals surface area contributed by atoms with Crippen LogP contribution in [0.3, 0.4) is 0 Å². The van der Waals surface area contributed by atoms with Crippen molar-refractivity contribution in [2.45, 2.75) is 51.7 Å². The van der Waals surface area contributed by atoms with Crippen LogP contribution >= 0.6 is 0 Å². The Balaban J connectivity index is 1.54. The van der Waals surface area contributed by atoms with Crippen LogP contribution in [0, 0.1) is 5.41 Å². The van der Waals surface area contributed by atoms with Crippen molar-refractivity contribution in [3.8, 4) is 0 Å². The van der Waals surface area contributed by atoms with E-state index in [1.165, 1.54) is 12.8 Å². The van der Waals surface area contributed by atoms with E-state index < -0.39 is 0 Å². The molecular formula is C14H23N3O. The first-order valence-corrected chi connectivity index (χ1v) is 7.05. The largest absolute Gasteiger partial charge is 0.381 e. The van der Waals surface area contributed by atoms with Crippen LogP contribution < -0.4 is 5.32 Å². The summed E-state index contributed by atoms with van der Waals surface area (Å²) >= 11 is 0. The van der Waals surface area contributed by atoms with Crippen LogP contribution in [-0.4, -0.2) is 28.8 Å². The van der Waals surface area contributed by atoms with Crippen molar-refractivity contribution in [1.29, 1.82) is 0 Å². The minimum atomic E-state index is 0.375. The van der Waals surface area contributed by atoms with Gasteiger partial charge in [-0.15, -0.1) is 0 Å². The predicted molar refractivity (Wildman–Crippen MR) is 70.2 cm³/mol. The fraction of sp³-hybridized carbons (Fsp3) is 0.786. The second kappa shape index (κ2) is 5.02. The monoisotopic (exact) mass is 249 g/mol. The maximum Gasteiger partial charge on any atom is 0.0950 e. The van der Waals surface area contributed by atoms with Gasteiger partial charge in [0.2, 0.25) is 0 Å². The highest BCUT2D eigenvalue weighted by Gasteiger charge is 2.27. The lowest BCUT2D eigenvalue weighted by Crippen LogP contribution is -2.30. The highest BCUT2D eigenvalue weighted by atomic mass is 16.5. The van der Waals surface area contributed by atoms with E-state index in [0.717, 1.165) is 50.9 Å². The molecule has 2 heterocycles. The molecular weight excluding hydrogens is 226 g/mol. The molecule has 1 saturated carbocycles. The molecule has 3 rings (SSSR count). The molecule has 4 heteroatoms. The highest BCUT2D eigenvalue weighted by molar-refractivity contribution is 4.98. The zero-order valence-electron chi connectivity index (χ0n) is 11.2. The maximum atomic E-state index is 5.44. The second-order valence-corrected chi connectivity index (χ2v) is 6.12. The van der Waals surface area contributed by atoms with Crippen LogP contribution in [0.2, 0.25) is 0 Å². The molecule has 0 radical (unpaired) electrons. The summed E-state index contributed by atoms with van der Waals surface area (Å²) in [6.45, 7) is 6.14. The Hall–Kier alpha value is -0.870. The Bertz CT molecular complexity index is 391. The number of aromatic nitrogens is 2. The summed E-state index contributed by atoms with van der Waals surface area (Å²) in [5.74, 6) is 0. The van der Waals surface area contributed by atoms with Gasteiger partial charge < -0.3 is 14.6 Å². The molecule has 0 spiro atoms. The maximum absolute atomic E-state index is 5.44. The van der Waals surface area contributed by atoms with Crippen molar-refractivity contribution < 1.29 is 4.74 Å². The van der Waals surface area contributed by atoms with Gasteiger partial charge in [-0.3, -0.25) is 0 Å². The first kappa shape index (κ1) is 12.2. The van der Waals surface area contributed by atoms with Crippen LogP contribution in [0.1, 0.15) is 38.3 Å². The van der Waals surface area contributed by atoms with Gasteiger partial charge >= 0.3 is 0 Å². The molecule has 0 bridgehead atoms. The standard InChI is InChI=1S/C14H23N3O/c1-14(4-6-18-7-5-14)10-17-9-13(16-11-17)8-15-12-2-3-12/h9,11-12,15H,2-8,10H2,1H3. The van der Waals surface area contributed by atoms with Crippen molar-refractivity contribution >= 4 is 0 Å². The quantitative estimate of drug-likeness (QED) is 0.867. The molecule has 0 aromatic carbocycles. The van der Waals surface area contributed by atoms with Gasteiger partial charge in [0.15, 0.2) is 0 Å². The van der Waals surface area contributed by atoms with E-state index in [2.05, 4.69) is 28.0 Å². The molecule has 0 amide bonds. The van der Waals surface area contributed by atoms with Gasteiger partial charge in [-0.2, -0.15) is 0 Å². The van der Waals surface area contributed by atoms with Gasteiger partial charge in [-0.25, -0.2) is 4.98 Å². The van der Waals surface area contributed by atoms with Crippen molar-refractivity contribution in [3.63, 3.8) is 0 Å². The second-order valence-electron chi connectivity index (χ2n) is 6.12. The van der Waals surface area contributed by atoms with Crippen LogP contribution in [-0.2, 0) is 17.8 Å². The third-order valence-corrected chi connectivity index (χ3v) is 4.10. The number of ether oxygens (including phenoxy) is 1. The molecule has 2 aliphatic rings. The van der Waals surface area contributed by atoms with E-state index in [1.54, 1.807) is 0 Å². The van der Waals surface area contributed by atoms with E-state index >= 15 is 0 Å². The molecule has 0 atom stereocenters. The molecule has 1 aromatic rings. The first-order chi connectivity index (χ1) is 8.73. The topological polar surface area (TPSA) is 39.1 Å². The summed E-state index contributed by atoms with van der Waals surface area (Å²) in [5.41, 5.74) is 1.54. The molecule has 4 nitrogen and oxygen atoms in total. The van der Waals surface area contributed by atoms with Crippen LogP contribution in [0.15, 0.2) is 12.5 Å². The van der Waals surface area contributed by atoms with Crippen LogP contribution in [0.5, 0.6) is 0 Å². The number of hydrogen-bond donors (Lipinski definition) is 1. The summed E-state index contributed by atoms with van der Waals surface area (Å²) in [6, 6.07) is 0.753. The molecule has 1 aliphatic heterocycles. The number of nitrogens with one attached hydrogen (secondary N) is 1. The van der Waals surface area contributed by atoms with Gasteiger partial charge in [0.05, 0.1) is 12.0 Å². The molecule has 0 unspecified atom stereocenters. The smallest absolute Gasteiger partial charge is 0.0950 e. The van der Waals surface area contributed by atoms with E-state index in [0.29, 0.717) is 5.41 Å².